The van der Waals surface area contributed by atoms with Crippen molar-refractivity contribution in [1.29, 1.82) is 0 Å². The summed E-state index contributed by atoms with van der Waals surface area (Å²) in [6.07, 6.45) is 5.61. The van der Waals surface area contributed by atoms with Crippen molar-refractivity contribution in [2.24, 2.45) is 0 Å². The lowest BCUT2D eigenvalue weighted by Crippen LogP contribution is -2.39. The maximum absolute atomic E-state index is 12.5. The van der Waals surface area contributed by atoms with Gasteiger partial charge in [-0.25, -0.2) is 0 Å². The number of rotatable bonds is 2. The van der Waals surface area contributed by atoms with Gasteiger partial charge in [0.2, 0.25) is 0 Å². The van der Waals surface area contributed by atoms with Crippen molar-refractivity contribution in [3.8, 4) is 0 Å². The van der Waals surface area contributed by atoms with Crippen LogP contribution in [0, 0.1) is 0 Å². The molecule has 116 valence electrons. The van der Waals surface area contributed by atoms with E-state index in [1.54, 1.807) is 12.3 Å². The third-order valence-electron chi connectivity index (χ3n) is 4.51. The maximum Gasteiger partial charge on any atom is 0.271 e. The molecule has 1 aliphatic rings. The number of fused-ring (bicyclic) bond motifs is 1. The SMILES string of the molecule is O=C(c1ccn[nH]1)N1CCC[C@@H](c2cc3ccccc3cn2)C1. The van der Waals surface area contributed by atoms with Crippen molar-refractivity contribution in [1.82, 2.24) is 20.1 Å². The summed E-state index contributed by atoms with van der Waals surface area (Å²) in [6, 6.07) is 12.1. The zero-order valence-corrected chi connectivity index (χ0v) is 12.8. The van der Waals surface area contributed by atoms with Crippen LogP contribution in [0.15, 0.2) is 48.8 Å². The molecule has 23 heavy (non-hydrogen) atoms. The number of aromatic amines is 1. The van der Waals surface area contributed by atoms with E-state index in [9.17, 15) is 4.79 Å². The Morgan fingerprint density at radius 3 is 2.91 bits per heavy atom. The van der Waals surface area contributed by atoms with Crippen molar-refractivity contribution < 1.29 is 4.79 Å². The van der Waals surface area contributed by atoms with Crippen LogP contribution < -0.4 is 0 Å². The summed E-state index contributed by atoms with van der Waals surface area (Å²) >= 11 is 0. The first-order chi connectivity index (χ1) is 11.3. The van der Waals surface area contributed by atoms with Gasteiger partial charge in [-0.15, -0.1) is 0 Å². The topological polar surface area (TPSA) is 61.9 Å². The molecule has 5 nitrogen and oxygen atoms in total. The number of hydrogen-bond acceptors (Lipinski definition) is 3. The van der Waals surface area contributed by atoms with Gasteiger partial charge in [0.05, 0.1) is 0 Å². The van der Waals surface area contributed by atoms with Gasteiger partial charge in [0, 0.05) is 42.5 Å². The number of amides is 1. The van der Waals surface area contributed by atoms with Crippen LogP contribution in [-0.4, -0.2) is 39.1 Å². The monoisotopic (exact) mass is 306 g/mol. The average molecular weight is 306 g/mol. The molecule has 1 N–H and O–H groups in total. The molecule has 1 aromatic carbocycles. The number of nitrogens with zero attached hydrogens (tertiary/aromatic N) is 3. The van der Waals surface area contributed by atoms with Crippen molar-refractivity contribution in [2.45, 2.75) is 18.8 Å². The van der Waals surface area contributed by atoms with Crippen LogP contribution in [0.2, 0.25) is 0 Å². The minimum atomic E-state index is 0.0213. The van der Waals surface area contributed by atoms with Gasteiger partial charge in [-0.05, 0) is 30.4 Å². The number of aromatic nitrogens is 3. The lowest BCUT2D eigenvalue weighted by atomic mass is 9.93. The minimum Gasteiger partial charge on any atom is -0.337 e. The van der Waals surface area contributed by atoms with Gasteiger partial charge in [-0.1, -0.05) is 24.3 Å². The van der Waals surface area contributed by atoms with Crippen molar-refractivity contribution in [3.05, 3.63) is 60.2 Å². The van der Waals surface area contributed by atoms with Crippen LogP contribution in [0.4, 0.5) is 0 Å². The molecule has 0 saturated carbocycles. The van der Waals surface area contributed by atoms with Crippen LogP contribution >= 0.6 is 0 Å². The summed E-state index contributed by atoms with van der Waals surface area (Å²) in [5, 5.41) is 8.97. The molecule has 3 aromatic rings. The quantitative estimate of drug-likeness (QED) is 0.791. The Labute approximate surface area is 134 Å². The average Bonchev–Trinajstić information content (AvgIpc) is 3.15. The minimum absolute atomic E-state index is 0.0213. The number of benzene rings is 1. The highest BCUT2D eigenvalue weighted by Crippen LogP contribution is 2.28. The lowest BCUT2D eigenvalue weighted by molar-refractivity contribution is 0.0700. The van der Waals surface area contributed by atoms with Crippen LogP contribution in [-0.2, 0) is 0 Å². The van der Waals surface area contributed by atoms with Crippen molar-refractivity contribution in [2.75, 3.05) is 13.1 Å². The highest BCUT2D eigenvalue weighted by molar-refractivity contribution is 5.92. The van der Waals surface area contributed by atoms with Gasteiger partial charge >= 0.3 is 0 Å². The molecule has 1 saturated heterocycles. The van der Waals surface area contributed by atoms with E-state index in [0.29, 0.717) is 18.2 Å². The number of H-pyrrole nitrogens is 1. The highest BCUT2D eigenvalue weighted by atomic mass is 16.2. The number of hydrogen-bond donors (Lipinski definition) is 1. The predicted octanol–water partition coefficient (Wildman–Crippen LogP) is 2.98. The Balaban J connectivity index is 1.57. The number of pyridine rings is 1. The summed E-state index contributed by atoms with van der Waals surface area (Å²) in [7, 11) is 0. The summed E-state index contributed by atoms with van der Waals surface area (Å²) in [5.74, 6) is 0.313. The second-order valence-electron chi connectivity index (χ2n) is 6.02. The molecule has 0 aliphatic carbocycles. The zero-order chi connectivity index (χ0) is 15.6. The largest absolute Gasteiger partial charge is 0.337 e. The Morgan fingerprint density at radius 1 is 1.22 bits per heavy atom. The van der Waals surface area contributed by atoms with E-state index in [1.807, 2.05) is 23.2 Å². The highest BCUT2D eigenvalue weighted by Gasteiger charge is 2.26. The van der Waals surface area contributed by atoms with Crippen LogP contribution in [0.3, 0.4) is 0 Å². The van der Waals surface area contributed by atoms with Gasteiger partial charge in [0.25, 0.3) is 5.91 Å². The first-order valence-electron chi connectivity index (χ1n) is 7.94. The number of nitrogens with one attached hydrogen (secondary N) is 1. The van der Waals surface area contributed by atoms with Gasteiger partial charge in [0.15, 0.2) is 0 Å². The van der Waals surface area contributed by atoms with Gasteiger partial charge in [0.1, 0.15) is 5.69 Å². The molecule has 1 fully saturated rings. The third-order valence-corrected chi connectivity index (χ3v) is 4.51. The molecule has 5 heteroatoms. The van der Waals surface area contributed by atoms with Crippen molar-refractivity contribution >= 4 is 16.7 Å². The zero-order valence-electron chi connectivity index (χ0n) is 12.8. The Kier molecular flexibility index (Phi) is 3.54. The number of piperidine rings is 1. The van der Waals surface area contributed by atoms with Crippen LogP contribution in [0.5, 0.6) is 0 Å². The molecular weight excluding hydrogens is 288 g/mol. The first-order valence-corrected chi connectivity index (χ1v) is 7.94. The van der Waals surface area contributed by atoms with Gasteiger partial charge < -0.3 is 4.90 Å². The summed E-state index contributed by atoms with van der Waals surface area (Å²) in [4.78, 5) is 19.0. The van der Waals surface area contributed by atoms with E-state index >= 15 is 0 Å². The summed E-state index contributed by atoms with van der Waals surface area (Å²) < 4.78 is 0. The molecule has 2 aromatic heterocycles. The molecule has 0 spiro atoms. The Hall–Kier alpha value is -2.69. The molecule has 1 amide bonds. The number of likely N-dealkylation sites (tertiary alicyclic amines) is 1. The number of carbonyl (C=O) groups excluding carboxylic acids is 1. The van der Waals surface area contributed by atoms with Crippen LogP contribution in [0.1, 0.15) is 34.9 Å². The number of carbonyl (C=O) groups is 1. The second-order valence-corrected chi connectivity index (χ2v) is 6.02. The fourth-order valence-corrected chi connectivity index (χ4v) is 3.27. The predicted molar refractivity (Wildman–Crippen MR) is 88.2 cm³/mol. The van der Waals surface area contributed by atoms with E-state index < -0.39 is 0 Å². The molecular formula is C18H18N4O. The second kappa shape index (κ2) is 5.83. The third kappa shape index (κ3) is 2.70. The molecule has 4 rings (SSSR count). The Morgan fingerprint density at radius 2 is 2.09 bits per heavy atom. The fourth-order valence-electron chi connectivity index (χ4n) is 3.27. The fraction of sp³-hybridized carbons (Fsp3) is 0.278. The van der Waals surface area contributed by atoms with E-state index in [4.69, 9.17) is 0 Å². The van der Waals surface area contributed by atoms with Crippen LogP contribution in [0.25, 0.3) is 10.8 Å². The summed E-state index contributed by atoms with van der Waals surface area (Å²) in [6.45, 7) is 1.51. The van der Waals surface area contributed by atoms with Gasteiger partial charge in [-0.3, -0.25) is 14.9 Å². The maximum atomic E-state index is 12.5. The summed E-state index contributed by atoms with van der Waals surface area (Å²) in [5.41, 5.74) is 1.63. The molecule has 3 heterocycles. The molecule has 0 unspecified atom stereocenters. The lowest BCUT2D eigenvalue weighted by Gasteiger charge is -2.32. The normalized spacial score (nSPS) is 18.3. The van der Waals surface area contributed by atoms with E-state index in [1.165, 1.54) is 5.39 Å². The molecule has 0 radical (unpaired) electrons. The first kappa shape index (κ1) is 13.9. The van der Waals surface area contributed by atoms with E-state index in [0.717, 1.165) is 30.5 Å². The smallest absolute Gasteiger partial charge is 0.271 e. The molecule has 1 aliphatic heterocycles. The Bertz CT molecular complexity index is 828. The van der Waals surface area contributed by atoms with E-state index in [-0.39, 0.29) is 5.91 Å². The molecule has 1 atom stereocenters. The molecule has 0 bridgehead atoms. The van der Waals surface area contributed by atoms with Crippen molar-refractivity contribution in [3.63, 3.8) is 0 Å². The standard InChI is InChI=1S/C18H18N4O/c23-18(16-7-8-20-21-16)22-9-3-6-15(12-22)17-10-13-4-1-2-5-14(13)11-19-17/h1-2,4-5,7-8,10-11,15H,3,6,9,12H2,(H,20,21)/t15-/m1/s1. The van der Waals surface area contributed by atoms with Gasteiger partial charge in [-0.2, -0.15) is 5.10 Å². The van der Waals surface area contributed by atoms with E-state index in [2.05, 4.69) is 33.4 Å².